The minimum atomic E-state index is 0.0259. The molecule has 1 aromatic carbocycles. The Labute approximate surface area is 326 Å². The molecule has 8 aliphatic rings. The van der Waals surface area contributed by atoms with Crippen molar-refractivity contribution in [2.24, 2.45) is 63.7 Å². The number of phenols is 1. The van der Waals surface area contributed by atoms with Gasteiger partial charge < -0.3 is 25.4 Å². The molecule has 0 spiro atoms. The van der Waals surface area contributed by atoms with E-state index >= 15 is 0 Å². The highest BCUT2D eigenvalue weighted by Gasteiger charge is 2.75. The number of rotatable bonds is 9. The number of anilines is 2. The lowest BCUT2D eigenvalue weighted by Gasteiger charge is -2.51. The summed E-state index contributed by atoms with van der Waals surface area (Å²) >= 11 is 0. The van der Waals surface area contributed by atoms with Gasteiger partial charge in [-0.1, -0.05) is 24.3 Å². The molecule has 1 aromatic heterocycles. The molecule has 10 rings (SSSR count). The lowest BCUT2D eigenvalue weighted by atomic mass is 9.60. The van der Waals surface area contributed by atoms with Crippen molar-refractivity contribution in [2.75, 3.05) is 43.4 Å². The third-order valence-corrected chi connectivity index (χ3v) is 16.4. The Balaban J connectivity index is 0.753. The van der Waals surface area contributed by atoms with Crippen LogP contribution in [0.4, 0.5) is 11.5 Å². The molecule has 5 saturated carbocycles. The van der Waals surface area contributed by atoms with E-state index in [4.69, 9.17) is 15.5 Å². The number of carbonyl (C=O) groups is 1. The Kier molecular flexibility index (Phi) is 9.30. The molecule has 9 heteroatoms. The molecule has 0 amide bonds. The molecule has 3 N–H and O–H groups in total. The average Bonchev–Trinajstić information content (AvgIpc) is 3.51. The molecule has 55 heavy (non-hydrogen) atoms. The fourth-order valence-corrected chi connectivity index (χ4v) is 13.7. The summed E-state index contributed by atoms with van der Waals surface area (Å²) in [5, 5.41) is 19.2. The first kappa shape index (κ1) is 35.7. The van der Waals surface area contributed by atoms with Crippen LogP contribution >= 0.6 is 0 Å². The SMILES string of the molecule is CCOC(=O)CC1CC2CCN(C3CCC(C4=CCC/C=C(\CC56C7CCN(c8cc(-c9ccccc9O)nnc8N)CC5C6C7)N=C4)CC3)CC3CC2C13. The maximum Gasteiger partial charge on any atom is 0.306 e. The van der Waals surface area contributed by atoms with Gasteiger partial charge in [-0.05, 0) is 173 Å². The summed E-state index contributed by atoms with van der Waals surface area (Å²) in [6.07, 6.45) is 22.8. The summed E-state index contributed by atoms with van der Waals surface area (Å²) in [5.74, 6) is 7.25. The van der Waals surface area contributed by atoms with Gasteiger partial charge in [-0.25, -0.2) is 0 Å². The summed E-state index contributed by atoms with van der Waals surface area (Å²) in [4.78, 5) is 23.0. The molecule has 2 saturated heterocycles. The van der Waals surface area contributed by atoms with Crippen LogP contribution in [-0.4, -0.2) is 71.2 Å². The lowest BCUT2D eigenvalue weighted by Crippen LogP contribution is -2.51. The van der Waals surface area contributed by atoms with Crippen LogP contribution in [0.3, 0.4) is 0 Å². The molecule has 9 unspecified atom stereocenters. The number of carbonyl (C=O) groups excluding carboxylic acids is 1. The maximum absolute atomic E-state index is 12.4. The van der Waals surface area contributed by atoms with E-state index in [-0.39, 0.29) is 11.7 Å². The monoisotopic (exact) mass is 744 g/mol. The molecule has 292 valence electrons. The third kappa shape index (κ3) is 6.31. The van der Waals surface area contributed by atoms with Gasteiger partial charge in [-0.15, -0.1) is 10.2 Å². The van der Waals surface area contributed by atoms with Crippen molar-refractivity contribution in [1.82, 2.24) is 15.1 Å². The first-order valence-electron chi connectivity index (χ1n) is 21.9. The normalized spacial score (nSPS) is 38.7. The molecule has 7 fully saturated rings. The second kappa shape index (κ2) is 14.3. The number of nitrogens with two attached hydrogens (primary N) is 1. The molecule has 0 radical (unpaired) electrons. The van der Waals surface area contributed by atoms with Crippen molar-refractivity contribution < 1.29 is 14.6 Å². The second-order valence-corrected chi connectivity index (χ2v) is 18.7. The van der Waals surface area contributed by atoms with E-state index < -0.39 is 0 Å². The molecule has 2 bridgehead atoms. The second-order valence-electron chi connectivity index (χ2n) is 18.7. The number of aromatic nitrogens is 2. The number of para-hydroxylation sites is 1. The van der Waals surface area contributed by atoms with Gasteiger partial charge in [0.2, 0.25) is 0 Å². The zero-order valence-electron chi connectivity index (χ0n) is 32.7. The highest BCUT2D eigenvalue weighted by molar-refractivity contribution is 5.80. The molecule has 3 aliphatic heterocycles. The number of aliphatic imine (C=N–C) groups is 1. The van der Waals surface area contributed by atoms with E-state index in [0.29, 0.717) is 59.3 Å². The number of aromatic hydroxyl groups is 1. The number of fused-ring (bicyclic) bond motifs is 3. The number of hydrogen-bond donors (Lipinski definition) is 2. The van der Waals surface area contributed by atoms with Crippen LogP contribution in [0.2, 0.25) is 0 Å². The minimum Gasteiger partial charge on any atom is -0.507 e. The summed E-state index contributed by atoms with van der Waals surface area (Å²) < 4.78 is 5.37. The van der Waals surface area contributed by atoms with Gasteiger partial charge in [-0.3, -0.25) is 9.79 Å². The molecule has 4 heterocycles. The van der Waals surface area contributed by atoms with E-state index in [9.17, 15) is 9.90 Å². The number of ether oxygens (including phenoxy) is 1. The highest BCUT2D eigenvalue weighted by atomic mass is 16.5. The van der Waals surface area contributed by atoms with Crippen LogP contribution in [-0.2, 0) is 9.53 Å². The average molecular weight is 745 g/mol. The van der Waals surface area contributed by atoms with Gasteiger partial charge in [0.15, 0.2) is 5.82 Å². The number of esters is 1. The quantitative estimate of drug-likeness (QED) is 0.248. The van der Waals surface area contributed by atoms with Crippen molar-refractivity contribution in [2.45, 2.75) is 96.4 Å². The smallest absolute Gasteiger partial charge is 0.306 e. The fraction of sp³-hybridized carbons (Fsp3) is 0.652. The first-order chi connectivity index (χ1) is 26.9. The number of allylic oxidation sites excluding steroid dienone is 4. The van der Waals surface area contributed by atoms with Crippen molar-refractivity contribution in [3.63, 3.8) is 0 Å². The summed E-state index contributed by atoms with van der Waals surface area (Å²) in [5.41, 5.74) is 11.9. The van der Waals surface area contributed by atoms with Crippen LogP contribution in [0.15, 0.2) is 58.7 Å². The topological polar surface area (TPSA) is 117 Å². The van der Waals surface area contributed by atoms with E-state index in [1.54, 1.807) is 6.07 Å². The number of nitrogens with zero attached hydrogens (tertiary/aromatic N) is 5. The van der Waals surface area contributed by atoms with E-state index in [0.717, 1.165) is 73.5 Å². The Morgan fingerprint density at radius 2 is 1.82 bits per heavy atom. The van der Waals surface area contributed by atoms with E-state index in [1.807, 2.05) is 31.2 Å². The fourth-order valence-electron chi connectivity index (χ4n) is 13.7. The van der Waals surface area contributed by atoms with E-state index in [2.05, 4.69) is 38.4 Å². The Morgan fingerprint density at radius 1 is 0.964 bits per heavy atom. The number of phenolic OH excluding ortho intramolecular Hbond substituents is 1. The molecule has 5 aliphatic carbocycles. The van der Waals surface area contributed by atoms with Crippen LogP contribution < -0.4 is 10.6 Å². The molecular formula is C46H60N6O3. The Morgan fingerprint density at radius 3 is 2.67 bits per heavy atom. The highest BCUT2D eigenvalue weighted by Crippen LogP contribution is 2.79. The number of nitrogen functional groups attached to an aromatic ring is 1. The van der Waals surface area contributed by atoms with Gasteiger partial charge in [0.25, 0.3) is 0 Å². The van der Waals surface area contributed by atoms with Gasteiger partial charge in [-0.2, -0.15) is 0 Å². The number of hydrogen-bond acceptors (Lipinski definition) is 9. The minimum absolute atomic E-state index is 0.0259. The van der Waals surface area contributed by atoms with Crippen molar-refractivity contribution in [1.29, 1.82) is 0 Å². The Bertz CT molecular complexity index is 1880. The molecule has 2 aromatic rings. The standard InChI is InChI=1S/C46H60N6O3/c1-2-55-43(54)21-31-19-29-15-17-51(26-32-20-37(29)44(31)32)35-13-11-28(12-14-35)30-7-3-4-8-34(48-25-30)24-46-33-16-18-52(27-39(46)38(46)22-33)41-23-40(49-50-45(41)47)36-9-5-6-10-42(36)53/h5-10,23,25,28-29,31-33,35,37-39,44,53H,2-4,11-22,24,26-27H2,1H3,(H2,47,50)/b30-7?,34-8+,48-25?. The maximum atomic E-state index is 12.4. The van der Waals surface area contributed by atoms with Gasteiger partial charge in [0.1, 0.15) is 5.75 Å². The van der Waals surface area contributed by atoms with Crippen molar-refractivity contribution in [3.05, 3.63) is 53.8 Å². The zero-order chi connectivity index (χ0) is 37.3. The van der Waals surface area contributed by atoms with Crippen LogP contribution in [0, 0.1) is 58.7 Å². The largest absolute Gasteiger partial charge is 0.507 e. The Hall–Kier alpha value is -3.72. The third-order valence-electron chi connectivity index (χ3n) is 16.4. The van der Waals surface area contributed by atoms with Crippen molar-refractivity contribution >= 4 is 23.7 Å². The van der Waals surface area contributed by atoms with Crippen LogP contribution in [0.25, 0.3) is 11.3 Å². The first-order valence-corrected chi connectivity index (χ1v) is 21.9. The molecule has 9 atom stereocenters. The summed E-state index contributed by atoms with van der Waals surface area (Å²) in [7, 11) is 0. The van der Waals surface area contributed by atoms with Crippen molar-refractivity contribution in [3.8, 4) is 17.0 Å². The van der Waals surface area contributed by atoms with Crippen LogP contribution in [0.1, 0.15) is 90.4 Å². The van der Waals surface area contributed by atoms with E-state index in [1.165, 1.54) is 82.1 Å². The predicted molar refractivity (Wildman–Crippen MR) is 216 cm³/mol. The van der Waals surface area contributed by atoms with Gasteiger partial charge >= 0.3 is 5.97 Å². The number of likely N-dealkylation sites (tertiary alicyclic amines) is 1. The summed E-state index contributed by atoms with van der Waals surface area (Å²) in [6, 6.07) is 10.0. The van der Waals surface area contributed by atoms with Crippen LogP contribution in [0.5, 0.6) is 5.75 Å². The zero-order valence-corrected chi connectivity index (χ0v) is 32.7. The summed E-state index contributed by atoms with van der Waals surface area (Å²) in [6.45, 7) is 6.89. The van der Waals surface area contributed by atoms with Gasteiger partial charge in [0, 0.05) is 49.6 Å². The van der Waals surface area contributed by atoms with Gasteiger partial charge in [0.05, 0.1) is 18.0 Å². The lowest BCUT2D eigenvalue weighted by molar-refractivity contribution is -0.145. The molecular weight excluding hydrogens is 685 g/mol. The number of benzene rings is 1. The predicted octanol–water partition coefficient (Wildman–Crippen LogP) is 8.06. The molecule has 9 nitrogen and oxygen atoms in total.